The van der Waals surface area contributed by atoms with Gasteiger partial charge < -0.3 is 4.90 Å². The molecule has 0 radical (unpaired) electrons. The molecular weight excluding hydrogens is 290 g/mol. The first-order valence-corrected chi connectivity index (χ1v) is 8.58. The summed E-state index contributed by atoms with van der Waals surface area (Å²) in [6.07, 6.45) is 2.45. The Hall–Kier alpha value is -1.19. The molecule has 2 rings (SSSR count). The van der Waals surface area contributed by atoms with Gasteiger partial charge in [0.2, 0.25) is 10.0 Å². The molecule has 1 aliphatic rings. The molecule has 1 fully saturated rings. The second-order valence-corrected chi connectivity index (χ2v) is 7.19. The molecule has 0 atom stereocenters. The van der Waals surface area contributed by atoms with E-state index in [0.29, 0.717) is 30.9 Å². The van der Waals surface area contributed by atoms with Crippen molar-refractivity contribution in [2.24, 2.45) is 0 Å². The first kappa shape index (κ1) is 14.2. The number of nitrogens with one attached hydrogen (secondary N) is 1. The van der Waals surface area contributed by atoms with Gasteiger partial charge in [-0.25, -0.2) is 13.1 Å². The Kier molecular flexibility index (Phi) is 4.07. The van der Waals surface area contributed by atoms with Crippen molar-refractivity contribution in [1.82, 2.24) is 4.72 Å². The average Bonchev–Trinajstić information content (AvgIpc) is 2.76. The highest BCUT2D eigenvalue weighted by atomic mass is 32.2. The minimum Gasteiger partial charge on any atom is -0.358 e. The van der Waals surface area contributed by atoms with Crippen LogP contribution in [0.1, 0.15) is 12.8 Å². The van der Waals surface area contributed by atoms with Crippen LogP contribution in [-0.4, -0.2) is 38.7 Å². The van der Waals surface area contributed by atoms with E-state index in [0.717, 1.165) is 6.26 Å². The van der Waals surface area contributed by atoms with Crippen LogP contribution in [0.4, 0.5) is 10.7 Å². The van der Waals surface area contributed by atoms with Crippen molar-refractivity contribution in [1.29, 1.82) is 0 Å². The minimum absolute atomic E-state index is 0.0785. The van der Waals surface area contributed by atoms with Crippen LogP contribution in [0.2, 0.25) is 0 Å². The van der Waals surface area contributed by atoms with Gasteiger partial charge in [0.05, 0.1) is 11.2 Å². The van der Waals surface area contributed by atoms with Crippen molar-refractivity contribution in [2.75, 3.05) is 24.2 Å². The standard InChI is InChI=1S/C10H15N3O4S2/c1-19(16,17)11-8-2-5-12(6-3-8)10-9(13(14)15)4-7-18-10/h4,7-8,11H,2-3,5-6H2,1H3. The molecule has 7 nitrogen and oxygen atoms in total. The van der Waals surface area contributed by atoms with Gasteiger partial charge in [0.15, 0.2) is 5.00 Å². The molecule has 1 aromatic heterocycles. The van der Waals surface area contributed by atoms with Crippen LogP contribution >= 0.6 is 11.3 Å². The van der Waals surface area contributed by atoms with Gasteiger partial charge in [-0.3, -0.25) is 10.1 Å². The second kappa shape index (κ2) is 5.43. The van der Waals surface area contributed by atoms with Crippen molar-refractivity contribution in [3.63, 3.8) is 0 Å². The predicted molar refractivity (Wildman–Crippen MR) is 74.2 cm³/mol. The highest BCUT2D eigenvalue weighted by Gasteiger charge is 2.26. The molecule has 1 aromatic rings. The Morgan fingerprint density at radius 3 is 2.63 bits per heavy atom. The summed E-state index contributed by atoms with van der Waals surface area (Å²) in [6, 6.07) is 1.42. The monoisotopic (exact) mass is 305 g/mol. The van der Waals surface area contributed by atoms with Crippen LogP contribution in [-0.2, 0) is 10.0 Å². The Bertz CT molecular complexity index is 561. The Morgan fingerprint density at radius 2 is 2.11 bits per heavy atom. The summed E-state index contributed by atoms with van der Waals surface area (Å²) < 4.78 is 24.9. The maximum Gasteiger partial charge on any atom is 0.303 e. The van der Waals surface area contributed by atoms with E-state index in [1.165, 1.54) is 17.4 Å². The number of piperidine rings is 1. The largest absolute Gasteiger partial charge is 0.358 e. The normalized spacial score (nSPS) is 17.6. The SMILES string of the molecule is CS(=O)(=O)NC1CCN(c2sccc2[N+](=O)[O-])CC1. The zero-order chi connectivity index (χ0) is 14.0. The van der Waals surface area contributed by atoms with Crippen molar-refractivity contribution in [3.05, 3.63) is 21.6 Å². The van der Waals surface area contributed by atoms with Crippen LogP contribution in [0.15, 0.2) is 11.4 Å². The quantitative estimate of drug-likeness (QED) is 0.666. The molecule has 9 heteroatoms. The third-order valence-electron chi connectivity index (χ3n) is 2.98. The van der Waals surface area contributed by atoms with Gasteiger partial charge in [0.25, 0.3) is 0 Å². The summed E-state index contributed by atoms with van der Waals surface area (Å²) >= 11 is 1.34. The lowest BCUT2D eigenvalue weighted by Gasteiger charge is -2.32. The summed E-state index contributed by atoms with van der Waals surface area (Å²) in [5, 5.41) is 13.2. The van der Waals surface area contributed by atoms with Crippen LogP contribution in [0.25, 0.3) is 0 Å². The Balaban J connectivity index is 2.00. The molecule has 0 unspecified atom stereocenters. The number of anilines is 1. The second-order valence-electron chi connectivity index (χ2n) is 4.52. The molecule has 1 aliphatic heterocycles. The lowest BCUT2D eigenvalue weighted by atomic mass is 10.1. The summed E-state index contributed by atoms with van der Waals surface area (Å²) in [4.78, 5) is 12.4. The molecule has 0 saturated carbocycles. The molecule has 0 bridgehead atoms. The zero-order valence-electron chi connectivity index (χ0n) is 10.4. The Morgan fingerprint density at radius 1 is 1.47 bits per heavy atom. The highest BCUT2D eigenvalue weighted by Crippen LogP contribution is 2.35. The number of nitro groups is 1. The summed E-state index contributed by atoms with van der Waals surface area (Å²) in [7, 11) is -3.19. The third-order valence-corrected chi connectivity index (χ3v) is 4.71. The van der Waals surface area contributed by atoms with E-state index in [-0.39, 0.29) is 16.7 Å². The van der Waals surface area contributed by atoms with Gasteiger partial charge in [0, 0.05) is 25.2 Å². The number of thiophene rings is 1. The molecular formula is C10H15N3O4S2. The number of hydrogen-bond donors (Lipinski definition) is 1. The predicted octanol–water partition coefficient (Wildman–Crippen LogP) is 1.17. The summed E-state index contributed by atoms with van der Waals surface area (Å²) in [5.74, 6) is 0. The molecule has 19 heavy (non-hydrogen) atoms. The van der Waals surface area contributed by atoms with Gasteiger partial charge in [-0.05, 0) is 18.2 Å². The van der Waals surface area contributed by atoms with Crippen LogP contribution in [0.3, 0.4) is 0 Å². The lowest BCUT2D eigenvalue weighted by molar-refractivity contribution is -0.383. The number of rotatable bonds is 4. The molecule has 106 valence electrons. The van der Waals surface area contributed by atoms with Crippen molar-refractivity contribution >= 4 is 32.0 Å². The molecule has 0 spiro atoms. The molecule has 0 amide bonds. The van der Waals surface area contributed by atoms with Crippen molar-refractivity contribution < 1.29 is 13.3 Å². The van der Waals surface area contributed by atoms with E-state index >= 15 is 0 Å². The molecule has 2 heterocycles. The molecule has 0 aromatic carbocycles. The highest BCUT2D eigenvalue weighted by molar-refractivity contribution is 7.88. The van der Waals surface area contributed by atoms with Crippen LogP contribution in [0, 0.1) is 10.1 Å². The van der Waals surface area contributed by atoms with E-state index in [1.807, 2.05) is 4.90 Å². The fourth-order valence-corrected chi connectivity index (χ4v) is 3.94. The fourth-order valence-electron chi connectivity index (χ4n) is 2.17. The number of sulfonamides is 1. The van der Waals surface area contributed by atoms with Gasteiger partial charge >= 0.3 is 5.69 Å². The van der Waals surface area contributed by atoms with Crippen molar-refractivity contribution in [3.8, 4) is 0 Å². The molecule has 1 N–H and O–H groups in total. The number of hydrogen-bond acceptors (Lipinski definition) is 6. The van der Waals surface area contributed by atoms with E-state index in [9.17, 15) is 18.5 Å². The van der Waals surface area contributed by atoms with E-state index in [4.69, 9.17) is 0 Å². The lowest BCUT2D eigenvalue weighted by Crippen LogP contribution is -2.44. The third kappa shape index (κ3) is 3.64. The maximum absolute atomic E-state index is 11.1. The average molecular weight is 305 g/mol. The minimum atomic E-state index is -3.19. The maximum atomic E-state index is 11.1. The van der Waals surface area contributed by atoms with E-state index < -0.39 is 10.0 Å². The molecule has 1 saturated heterocycles. The smallest absolute Gasteiger partial charge is 0.303 e. The van der Waals surface area contributed by atoms with Crippen LogP contribution < -0.4 is 9.62 Å². The summed E-state index contributed by atoms with van der Waals surface area (Å²) in [6.45, 7) is 1.24. The first-order chi connectivity index (χ1) is 8.87. The first-order valence-electron chi connectivity index (χ1n) is 5.81. The van der Waals surface area contributed by atoms with Gasteiger partial charge in [-0.1, -0.05) is 0 Å². The fraction of sp³-hybridized carbons (Fsp3) is 0.600. The van der Waals surface area contributed by atoms with Gasteiger partial charge in [0.1, 0.15) is 0 Å². The van der Waals surface area contributed by atoms with E-state index in [1.54, 1.807) is 5.38 Å². The molecule has 0 aliphatic carbocycles. The van der Waals surface area contributed by atoms with E-state index in [2.05, 4.69) is 4.72 Å². The Labute approximate surface area is 115 Å². The number of nitrogens with zero attached hydrogens (tertiary/aromatic N) is 2. The van der Waals surface area contributed by atoms with Gasteiger partial charge in [-0.15, -0.1) is 11.3 Å². The summed E-state index contributed by atoms with van der Waals surface area (Å²) in [5.41, 5.74) is 0.125. The zero-order valence-corrected chi connectivity index (χ0v) is 12.0. The van der Waals surface area contributed by atoms with Crippen LogP contribution in [0.5, 0.6) is 0 Å². The topological polar surface area (TPSA) is 92.6 Å². The van der Waals surface area contributed by atoms with Crippen molar-refractivity contribution in [2.45, 2.75) is 18.9 Å². The van der Waals surface area contributed by atoms with Gasteiger partial charge in [-0.2, -0.15) is 0 Å².